The van der Waals surface area contributed by atoms with Crippen molar-refractivity contribution in [1.82, 2.24) is 9.80 Å². The third-order valence-corrected chi connectivity index (χ3v) is 5.27. The third-order valence-electron chi connectivity index (χ3n) is 5.27. The number of carbonyl (C=O) groups excluding carboxylic acids is 1. The second kappa shape index (κ2) is 5.72. The molecule has 2 rings (SSSR count). The first kappa shape index (κ1) is 15.3. The summed E-state index contributed by atoms with van der Waals surface area (Å²) >= 11 is 0. The molecule has 2 atom stereocenters. The Balaban J connectivity index is 1.91. The van der Waals surface area contributed by atoms with Gasteiger partial charge in [-0.25, -0.2) is 0 Å². The van der Waals surface area contributed by atoms with E-state index in [2.05, 4.69) is 19.0 Å². The molecule has 0 saturated heterocycles. The molecule has 0 heterocycles. The summed E-state index contributed by atoms with van der Waals surface area (Å²) < 4.78 is 0. The molecule has 0 aromatic heterocycles. The van der Waals surface area contributed by atoms with Crippen LogP contribution in [0.25, 0.3) is 0 Å². The number of carbonyl (C=O) groups is 2. The fraction of sp³-hybridized carbons (Fsp3) is 0.867. The monoisotopic (exact) mass is 282 g/mol. The molecule has 0 bridgehead atoms. The highest BCUT2D eigenvalue weighted by molar-refractivity contribution is 5.80. The second-order valence-corrected chi connectivity index (χ2v) is 6.71. The van der Waals surface area contributed by atoms with E-state index >= 15 is 0 Å². The maximum Gasteiger partial charge on any atom is 0.306 e. The number of carboxylic acid groups (broad SMARTS) is 1. The molecule has 1 N–H and O–H groups in total. The Morgan fingerprint density at radius 2 is 1.75 bits per heavy atom. The molecule has 0 radical (unpaired) electrons. The third kappa shape index (κ3) is 2.82. The quantitative estimate of drug-likeness (QED) is 0.828. The molecule has 2 unspecified atom stereocenters. The average molecular weight is 282 g/mol. The Labute approximate surface area is 120 Å². The molecule has 0 aromatic rings. The van der Waals surface area contributed by atoms with E-state index in [9.17, 15) is 9.59 Å². The van der Waals surface area contributed by atoms with Crippen molar-refractivity contribution in [3.8, 4) is 0 Å². The lowest BCUT2D eigenvalue weighted by molar-refractivity contribution is -0.141. The number of rotatable bonds is 5. The summed E-state index contributed by atoms with van der Waals surface area (Å²) in [6.07, 6.45) is 5.37. The van der Waals surface area contributed by atoms with Gasteiger partial charge in [0, 0.05) is 25.0 Å². The largest absolute Gasteiger partial charge is 0.481 e. The Bertz CT molecular complexity index is 391. The van der Waals surface area contributed by atoms with Crippen LogP contribution in [0.1, 0.15) is 38.5 Å². The summed E-state index contributed by atoms with van der Waals surface area (Å²) in [6.45, 7) is 0.757. The van der Waals surface area contributed by atoms with E-state index in [1.165, 1.54) is 6.42 Å². The van der Waals surface area contributed by atoms with Crippen molar-refractivity contribution in [2.45, 2.75) is 44.1 Å². The van der Waals surface area contributed by atoms with Gasteiger partial charge in [-0.05, 0) is 52.6 Å². The minimum atomic E-state index is -0.758. The summed E-state index contributed by atoms with van der Waals surface area (Å²) in [6, 6.07) is 0. The Kier molecular flexibility index (Phi) is 4.37. The molecule has 0 aliphatic heterocycles. The van der Waals surface area contributed by atoms with Gasteiger partial charge in [0.25, 0.3) is 0 Å². The van der Waals surface area contributed by atoms with E-state index in [-0.39, 0.29) is 23.3 Å². The van der Waals surface area contributed by atoms with Crippen LogP contribution in [0.4, 0.5) is 0 Å². The minimum Gasteiger partial charge on any atom is -0.481 e. The second-order valence-electron chi connectivity index (χ2n) is 6.71. The van der Waals surface area contributed by atoms with Gasteiger partial charge in [-0.15, -0.1) is 0 Å². The molecule has 0 spiro atoms. The van der Waals surface area contributed by atoms with Gasteiger partial charge in [0.1, 0.15) is 0 Å². The molecule has 0 aromatic carbocycles. The van der Waals surface area contributed by atoms with Crippen LogP contribution < -0.4 is 0 Å². The number of nitrogens with zero attached hydrogens (tertiary/aromatic N) is 2. The molecule has 2 aliphatic carbocycles. The number of carboxylic acids is 1. The summed E-state index contributed by atoms with van der Waals surface area (Å²) in [7, 11) is 6.01. The number of amides is 1. The normalized spacial score (nSPS) is 28.2. The molecular weight excluding hydrogens is 256 g/mol. The van der Waals surface area contributed by atoms with E-state index < -0.39 is 5.97 Å². The Hall–Kier alpha value is -1.10. The van der Waals surface area contributed by atoms with Crippen molar-refractivity contribution in [2.75, 3.05) is 27.7 Å². The van der Waals surface area contributed by atoms with Crippen molar-refractivity contribution in [1.29, 1.82) is 0 Å². The van der Waals surface area contributed by atoms with E-state index in [1.807, 2.05) is 11.9 Å². The zero-order valence-electron chi connectivity index (χ0n) is 12.8. The fourth-order valence-corrected chi connectivity index (χ4v) is 3.59. The Morgan fingerprint density at radius 3 is 2.15 bits per heavy atom. The summed E-state index contributed by atoms with van der Waals surface area (Å²) in [5.74, 6) is -1.06. The van der Waals surface area contributed by atoms with Crippen molar-refractivity contribution in [2.24, 2.45) is 11.8 Å². The van der Waals surface area contributed by atoms with E-state index in [0.29, 0.717) is 12.8 Å². The highest BCUT2D eigenvalue weighted by Crippen LogP contribution is 2.38. The van der Waals surface area contributed by atoms with Gasteiger partial charge in [0.15, 0.2) is 0 Å². The molecule has 2 saturated carbocycles. The smallest absolute Gasteiger partial charge is 0.306 e. The molecule has 20 heavy (non-hydrogen) atoms. The van der Waals surface area contributed by atoms with E-state index in [4.69, 9.17) is 5.11 Å². The summed E-state index contributed by atoms with van der Waals surface area (Å²) in [4.78, 5) is 27.5. The first-order chi connectivity index (χ1) is 9.35. The zero-order valence-corrected chi connectivity index (χ0v) is 12.8. The fourth-order valence-electron chi connectivity index (χ4n) is 3.59. The first-order valence-electron chi connectivity index (χ1n) is 7.51. The van der Waals surface area contributed by atoms with Crippen molar-refractivity contribution < 1.29 is 14.7 Å². The number of hydrogen-bond acceptors (Lipinski definition) is 3. The molecule has 114 valence electrons. The van der Waals surface area contributed by atoms with Gasteiger partial charge in [-0.2, -0.15) is 0 Å². The van der Waals surface area contributed by atoms with Gasteiger partial charge in [0.05, 0.1) is 5.92 Å². The molecule has 5 heteroatoms. The van der Waals surface area contributed by atoms with Crippen molar-refractivity contribution in [3.63, 3.8) is 0 Å². The average Bonchev–Trinajstić information content (AvgIpc) is 2.81. The van der Waals surface area contributed by atoms with Crippen LogP contribution in [0.5, 0.6) is 0 Å². The topological polar surface area (TPSA) is 60.9 Å². The van der Waals surface area contributed by atoms with Gasteiger partial charge in [0.2, 0.25) is 5.91 Å². The van der Waals surface area contributed by atoms with Crippen LogP contribution in [0.3, 0.4) is 0 Å². The number of aliphatic carboxylic acids is 1. The van der Waals surface area contributed by atoms with Crippen molar-refractivity contribution in [3.05, 3.63) is 0 Å². The van der Waals surface area contributed by atoms with Crippen molar-refractivity contribution >= 4 is 11.9 Å². The predicted octanol–water partition coefficient (Wildman–Crippen LogP) is 1.43. The van der Waals surface area contributed by atoms with Crippen LogP contribution in [0.2, 0.25) is 0 Å². The summed E-state index contributed by atoms with van der Waals surface area (Å²) in [5.41, 5.74) is 0.134. The molecular formula is C15H26N2O3. The molecule has 5 nitrogen and oxygen atoms in total. The molecule has 2 fully saturated rings. The van der Waals surface area contributed by atoms with Gasteiger partial charge >= 0.3 is 5.97 Å². The zero-order chi connectivity index (χ0) is 14.9. The maximum absolute atomic E-state index is 12.5. The van der Waals surface area contributed by atoms with Crippen LogP contribution >= 0.6 is 0 Å². The van der Waals surface area contributed by atoms with E-state index in [0.717, 1.165) is 25.8 Å². The van der Waals surface area contributed by atoms with Crippen LogP contribution in [0, 0.1) is 11.8 Å². The van der Waals surface area contributed by atoms with Gasteiger partial charge < -0.3 is 14.9 Å². The minimum absolute atomic E-state index is 0.0969. The SMILES string of the molecule is CN(CC1(N(C)C)CCC1)C(=O)C1CCC(C(=O)O)C1. The highest BCUT2D eigenvalue weighted by atomic mass is 16.4. The standard InChI is InChI=1S/C15H26N2O3/c1-16(2)15(7-4-8-15)10-17(3)13(18)11-5-6-12(9-11)14(19)20/h11-12H,4-10H2,1-3H3,(H,19,20). The number of likely N-dealkylation sites (N-methyl/N-ethyl adjacent to an activating group) is 2. The lowest BCUT2D eigenvalue weighted by Gasteiger charge is -2.49. The lowest BCUT2D eigenvalue weighted by atomic mass is 9.75. The van der Waals surface area contributed by atoms with Crippen LogP contribution in [-0.4, -0.2) is 60.0 Å². The molecule has 1 amide bonds. The molecule has 2 aliphatic rings. The maximum atomic E-state index is 12.5. The predicted molar refractivity (Wildman–Crippen MR) is 76.4 cm³/mol. The first-order valence-corrected chi connectivity index (χ1v) is 7.51. The van der Waals surface area contributed by atoms with Gasteiger partial charge in [-0.1, -0.05) is 0 Å². The number of hydrogen-bond donors (Lipinski definition) is 1. The van der Waals surface area contributed by atoms with E-state index in [1.54, 1.807) is 0 Å². The van der Waals surface area contributed by atoms with Crippen LogP contribution in [0.15, 0.2) is 0 Å². The lowest BCUT2D eigenvalue weighted by Crippen LogP contribution is -2.57. The van der Waals surface area contributed by atoms with Gasteiger partial charge in [-0.3, -0.25) is 9.59 Å². The highest BCUT2D eigenvalue weighted by Gasteiger charge is 2.42. The Morgan fingerprint density at radius 1 is 1.15 bits per heavy atom. The van der Waals surface area contributed by atoms with Crippen LogP contribution in [-0.2, 0) is 9.59 Å². The summed E-state index contributed by atoms with van der Waals surface area (Å²) in [5, 5.41) is 9.03.